The van der Waals surface area contributed by atoms with E-state index < -0.39 is 18.9 Å². The Morgan fingerprint density at radius 1 is 1.27 bits per heavy atom. The first kappa shape index (κ1) is 12.7. The molecule has 1 aliphatic heterocycles. The molecule has 0 aliphatic carbocycles. The van der Waals surface area contributed by atoms with Crippen LogP contribution in [-0.4, -0.2) is 38.0 Å². The number of nitrogens with one attached hydrogen (secondary N) is 2. The highest BCUT2D eigenvalue weighted by Gasteiger charge is 2.40. The second kappa shape index (κ2) is 5.65. The maximum absolute atomic E-state index is 12.6. The molecule has 0 amide bonds. The number of halogens is 4. The summed E-state index contributed by atoms with van der Waals surface area (Å²) in [6.07, 6.45) is -1.24. The molecule has 0 radical (unpaired) electrons. The van der Waals surface area contributed by atoms with E-state index in [1.54, 1.807) is 0 Å². The SMILES string of the molecule is FC(F)C(F)(F)CNC1CCCNCC1. The molecule has 0 aromatic heterocycles. The molecule has 0 bridgehead atoms. The molecule has 6 heteroatoms. The predicted molar refractivity (Wildman–Crippen MR) is 49.5 cm³/mol. The van der Waals surface area contributed by atoms with Crippen LogP contribution in [-0.2, 0) is 0 Å². The lowest BCUT2D eigenvalue weighted by molar-refractivity contribution is -0.126. The highest BCUT2D eigenvalue weighted by molar-refractivity contribution is 4.78. The van der Waals surface area contributed by atoms with Crippen molar-refractivity contribution >= 4 is 0 Å². The lowest BCUT2D eigenvalue weighted by atomic mass is 10.1. The third-order valence-electron chi connectivity index (χ3n) is 2.52. The second-order valence-electron chi connectivity index (χ2n) is 3.82. The van der Waals surface area contributed by atoms with Crippen LogP contribution < -0.4 is 10.6 Å². The van der Waals surface area contributed by atoms with Gasteiger partial charge in [0.25, 0.3) is 0 Å². The first-order chi connectivity index (χ1) is 7.02. The molecule has 2 nitrogen and oxygen atoms in total. The van der Waals surface area contributed by atoms with Crippen LogP contribution in [0.25, 0.3) is 0 Å². The monoisotopic (exact) mass is 228 g/mol. The largest absolute Gasteiger partial charge is 0.319 e. The Balaban J connectivity index is 2.28. The van der Waals surface area contributed by atoms with Gasteiger partial charge in [-0.1, -0.05) is 0 Å². The second-order valence-corrected chi connectivity index (χ2v) is 3.82. The zero-order valence-corrected chi connectivity index (χ0v) is 8.41. The quantitative estimate of drug-likeness (QED) is 0.714. The summed E-state index contributed by atoms with van der Waals surface area (Å²) in [6, 6.07) is -0.0791. The minimum atomic E-state index is -3.92. The average Bonchev–Trinajstić information content (AvgIpc) is 2.42. The van der Waals surface area contributed by atoms with Crippen LogP contribution in [0.1, 0.15) is 19.3 Å². The van der Waals surface area contributed by atoms with Crippen LogP contribution >= 0.6 is 0 Å². The van der Waals surface area contributed by atoms with E-state index in [4.69, 9.17) is 0 Å². The first-order valence-corrected chi connectivity index (χ1v) is 5.12. The van der Waals surface area contributed by atoms with Crippen molar-refractivity contribution < 1.29 is 17.6 Å². The molecule has 0 aromatic rings. The zero-order valence-electron chi connectivity index (χ0n) is 8.41. The molecule has 0 saturated carbocycles. The fraction of sp³-hybridized carbons (Fsp3) is 1.00. The summed E-state index contributed by atoms with van der Waals surface area (Å²) < 4.78 is 48.8. The molecule has 1 rings (SSSR count). The van der Waals surface area contributed by atoms with Gasteiger partial charge in [0, 0.05) is 6.04 Å². The minimum Gasteiger partial charge on any atom is -0.317 e. The number of hydrogen-bond acceptors (Lipinski definition) is 2. The maximum atomic E-state index is 12.6. The fourth-order valence-electron chi connectivity index (χ4n) is 1.58. The lowest BCUT2D eigenvalue weighted by Gasteiger charge is -2.21. The Morgan fingerprint density at radius 3 is 2.67 bits per heavy atom. The van der Waals surface area contributed by atoms with Crippen molar-refractivity contribution in [3.05, 3.63) is 0 Å². The van der Waals surface area contributed by atoms with Gasteiger partial charge >= 0.3 is 12.3 Å². The minimum absolute atomic E-state index is 0.0791. The highest BCUT2D eigenvalue weighted by atomic mass is 19.3. The van der Waals surface area contributed by atoms with E-state index in [0.717, 1.165) is 25.9 Å². The molecule has 1 heterocycles. The summed E-state index contributed by atoms with van der Waals surface area (Å²) >= 11 is 0. The standard InChI is InChI=1S/C9H16F4N2/c10-8(11)9(12,13)6-15-7-2-1-4-14-5-3-7/h7-8,14-15H,1-6H2. The van der Waals surface area contributed by atoms with E-state index in [9.17, 15) is 17.6 Å². The van der Waals surface area contributed by atoms with Crippen molar-refractivity contribution in [1.82, 2.24) is 10.6 Å². The van der Waals surface area contributed by atoms with Gasteiger partial charge in [0.15, 0.2) is 0 Å². The third kappa shape index (κ3) is 4.34. The van der Waals surface area contributed by atoms with Crippen molar-refractivity contribution in [2.75, 3.05) is 19.6 Å². The van der Waals surface area contributed by atoms with E-state index in [1.165, 1.54) is 0 Å². The van der Waals surface area contributed by atoms with Crippen LogP contribution in [0, 0.1) is 0 Å². The normalized spacial score (nSPS) is 24.2. The molecule has 2 N–H and O–H groups in total. The summed E-state index contributed by atoms with van der Waals surface area (Å²) in [6.45, 7) is 0.677. The van der Waals surface area contributed by atoms with Gasteiger partial charge in [0.1, 0.15) is 0 Å². The van der Waals surface area contributed by atoms with Crippen molar-refractivity contribution in [3.63, 3.8) is 0 Å². The van der Waals surface area contributed by atoms with Gasteiger partial charge in [-0.3, -0.25) is 0 Å². The van der Waals surface area contributed by atoms with Gasteiger partial charge in [-0.15, -0.1) is 0 Å². The molecule has 90 valence electrons. The molecule has 1 fully saturated rings. The Bertz CT molecular complexity index is 179. The number of hydrogen-bond donors (Lipinski definition) is 2. The molecule has 1 aliphatic rings. The Morgan fingerprint density at radius 2 is 2.00 bits per heavy atom. The number of rotatable bonds is 4. The molecule has 1 saturated heterocycles. The van der Waals surface area contributed by atoms with Gasteiger partial charge in [-0.05, 0) is 32.4 Å². The van der Waals surface area contributed by atoms with Gasteiger partial charge in [-0.2, -0.15) is 8.78 Å². The van der Waals surface area contributed by atoms with Gasteiger partial charge in [0.05, 0.1) is 6.54 Å². The van der Waals surface area contributed by atoms with Crippen molar-refractivity contribution in [2.24, 2.45) is 0 Å². The van der Waals surface area contributed by atoms with Crippen molar-refractivity contribution in [1.29, 1.82) is 0 Å². The third-order valence-corrected chi connectivity index (χ3v) is 2.52. The van der Waals surface area contributed by atoms with E-state index in [1.807, 2.05) is 0 Å². The fourth-order valence-corrected chi connectivity index (χ4v) is 1.58. The van der Waals surface area contributed by atoms with Gasteiger partial charge in [0.2, 0.25) is 0 Å². The van der Waals surface area contributed by atoms with Gasteiger partial charge in [-0.25, -0.2) is 8.78 Å². The van der Waals surface area contributed by atoms with E-state index in [0.29, 0.717) is 6.42 Å². The van der Waals surface area contributed by atoms with Crippen LogP contribution in [0.3, 0.4) is 0 Å². The molecule has 0 aromatic carbocycles. The average molecular weight is 228 g/mol. The maximum Gasteiger partial charge on any atom is 0.319 e. The summed E-state index contributed by atoms with van der Waals surface area (Å²) in [5, 5.41) is 5.63. The van der Waals surface area contributed by atoms with E-state index in [-0.39, 0.29) is 6.04 Å². The molecular formula is C9H16F4N2. The Hall–Kier alpha value is -0.360. The molecule has 0 spiro atoms. The lowest BCUT2D eigenvalue weighted by Crippen LogP contribution is -2.43. The summed E-state index contributed by atoms with van der Waals surface area (Å²) in [5.74, 6) is -3.92. The predicted octanol–water partition coefficient (Wildman–Crippen LogP) is 1.62. The van der Waals surface area contributed by atoms with Crippen LogP contribution in [0.15, 0.2) is 0 Å². The smallest absolute Gasteiger partial charge is 0.317 e. The zero-order chi connectivity index (χ0) is 11.3. The molecule has 15 heavy (non-hydrogen) atoms. The molecular weight excluding hydrogens is 212 g/mol. The topological polar surface area (TPSA) is 24.1 Å². The summed E-state index contributed by atoms with van der Waals surface area (Å²) in [7, 11) is 0. The molecule has 1 unspecified atom stereocenters. The van der Waals surface area contributed by atoms with E-state index in [2.05, 4.69) is 10.6 Å². The van der Waals surface area contributed by atoms with Crippen LogP contribution in [0.4, 0.5) is 17.6 Å². The van der Waals surface area contributed by atoms with Crippen molar-refractivity contribution in [3.8, 4) is 0 Å². The van der Waals surface area contributed by atoms with Crippen molar-refractivity contribution in [2.45, 2.75) is 37.7 Å². The summed E-state index contributed by atoms with van der Waals surface area (Å²) in [5.41, 5.74) is 0. The first-order valence-electron chi connectivity index (χ1n) is 5.12. The Labute approximate surface area is 86.4 Å². The Kier molecular flexibility index (Phi) is 4.79. The van der Waals surface area contributed by atoms with Crippen LogP contribution in [0.2, 0.25) is 0 Å². The number of alkyl halides is 4. The van der Waals surface area contributed by atoms with Crippen LogP contribution in [0.5, 0.6) is 0 Å². The molecule has 1 atom stereocenters. The van der Waals surface area contributed by atoms with E-state index >= 15 is 0 Å². The summed E-state index contributed by atoms with van der Waals surface area (Å²) in [4.78, 5) is 0. The van der Waals surface area contributed by atoms with Gasteiger partial charge < -0.3 is 10.6 Å². The highest BCUT2D eigenvalue weighted by Crippen LogP contribution is 2.22.